The number of hydrogen-bond donors (Lipinski definition) is 4. The first-order valence-corrected chi connectivity index (χ1v) is 18.4. The molecule has 1 saturated heterocycles. The standard InChI is InChI=1S/C36H70N6O4/c1-6-7-8-9-10-11-12-13-14-15-16-17-18-19-20-24-33(43)40-32(23-21-22-25-38-35(45)46-36(2,3)4)34(44)39-31-42-28-26-41(27-29-42)30-37-5/h13-14,32,37H,6-12,15-31H2,1-5H3,(H,38,45)(H,39,44)(H,40,43)/t32-/m0/s1. The minimum atomic E-state index is -0.581. The molecule has 1 heterocycles. The average molecular weight is 651 g/mol. The highest BCUT2D eigenvalue weighted by molar-refractivity contribution is 5.87. The zero-order valence-electron chi connectivity index (χ0n) is 30.2. The van der Waals surface area contributed by atoms with Gasteiger partial charge in [0.05, 0.1) is 6.67 Å². The fourth-order valence-electron chi connectivity index (χ4n) is 5.51. The molecule has 0 saturated carbocycles. The number of rotatable bonds is 26. The predicted molar refractivity (Wildman–Crippen MR) is 190 cm³/mol. The molecular formula is C36H70N6O4. The van der Waals surface area contributed by atoms with Crippen LogP contribution in [-0.4, -0.2) is 92.5 Å². The number of nitrogens with one attached hydrogen (secondary N) is 4. The normalized spacial score (nSPS) is 15.2. The van der Waals surface area contributed by atoms with Gasteiger partial charge in [0.1, 0.15) is 11.6 Å². The molecule has 0 aliphatic carbocycles. The molecular weight excluding hydrogens is 580 g/mol. The lowest BCUT2D eigenvalue weighted by atomic mass is 10.1. The van der Waals surface area contributed by atoms with Crippen LogP contribution in [0.15, 0.2) is 12.2 Å². The van der Waals surface area contributed by atoms with Gasteiger partial charge >= 0.3 is 6.09 Å². The molecule has 0 aromatic heterocycles. The Kier molecular flexibility index (Phi) is 24.4. The summed E-state index contributed by atoms with van der Waals surface area (Å²) in [6.07, 6.45) is 22.4. The van der Waals surface area contributed by atoms with E-state index in [9.17, 15) is 14.4 Å². The third-order valence-electron chi connectivity index (χ3n) is 8.23. The molecule has 0 spiro atoms. The first kappa shape index (κ1) is 41.9. The van der Waals surface area contributed by atoms with E-state index in [1.165, 1.54) is 57.8 Å². The van der Waals surface area contributed by atoms with Crippen molar-refractivity contribution in [2.24, 2.45) is 0 Å². The Morgan fingerprint density at radius 1 is 0.739 bits per heavy atom. The molecule has 1 rings (SSSR count). The van der Waals surface area contributed by atoms with E-state index < -0.39 is 17.7 Å². The van der Waals surface area contributed by atoms with Crippen molar-refractivity contribution >= 4 is 17.9 Å². The third kappa shape index (κ3) is 24.1. The summed E-state index contributed by atoms with van der Waals surface area (Å²) in [7, 11) is 1.95. The Morgan fingerprint density at radius 3 is 1.89 bits per heavy atom. The Hall–Kier alpha value is -2.17. The Morgan fingerprint density at radius 2 is 1.30 bits per heavy atom. The average Bonchev–Trinajstić information content (AvgIpc) is 3.01. The Balaban J connectivity index is 2.33. The van der Waals surface area contributed by atoms with Crippen LogP contribution >= 0.6 is 0 Å². The van der Waals surface area contributed by atoms with Gasteiger partial charge in [0.15, 0.2) is 0 Å². The summed E-state index contributed by atoms with van der Waals surface area (Å²) < 4.78 is 5.29. The second-order valence-corrected chi connectivity index (χ2v) is 13.8. The fraction of sp³-hybridized carbons (Fsp3) is 0.861. The van der Waals surface area contributed by atoms with Gasteiger partial charge in [0, 0.05) is 45.8 Å². The predicted octanol–water partition coefficient (Wildman–Crippen LogP) is 6.07. The molecule has 3 amide bonds. The highest BCUT2D eigenvalue weighted by Crippen LogP contribution is 2.11. The van der Waals surface area contributed by atoms with E-state index >= 15 is 0 Å². The van der Waals surface area contributed by atoms with Gasteiger partial charge in [-0.2, -0.15) is 0 Å². The van der Waals surface area contributed by atoms with Crippen molar-refractivity contribution in [3.63, 3.8) is 0 Å². The van der Waals surface area contributed by atoms with Crippen molar-refractivity contribution in [3.05, 3.63) is 12.2 Å². The molecule has 10 heteroatoms. The van der Waals surface area contributed by atoms with E-state index in [0.29, 0.717) is 38.9 Å². The first-order valence-electron chi connectivity index (χ1n) is 18.4. The van der Waals surface area contributed by atoms with Gasteiger partial charge in [0.25, 0.3) is 0 Å². The zero-order chi connectivity index (χ0) is 33.9. The van der Waals surface area contributed by atoms with Crippen LogP contribution in [-0.2, 0) is 14.3 Å². The molecule has 0 unspecified atom stereocenters. The maximum Gasteiger partial charge on any atom is 0.407 e. The van der Waals surface area contributed by atoms with Crippen LogP contribution in [0.5, 0.6) is 0 Å². The molecule has 0 aromatic carbocycles. The van der Waals surface area contributed by atoms with Gasteiger partial charge in [-0.05, 0) is 79.2 Å². The minimum Gasteiger partial charge on any atom is -0.444 e. The smallest absolute Gasteiger partial charge is 0.407 e. The molecule has 268 valence electrons. The van der Waals surface area contributed by atoms with Gasteiger partial charge in [0.2, 0.25) is 11.8 Å². The van der Waals surface area contributed by atoms with Crippen LogP contribution in [0.1, 0.15) is 137 Å². The number of ether oxygens (including phenoxy) is 1. The van der Waals surface area contributed by atoms with E-state index in [1.54, 1.807) is 0 Å². The number of allylic oxidation sites excluding steroid dienone is 2. The summed E-state index contributed by atoms with van der Waals surface area (Å²) in [5.41, 5.74) is -0.541. The summed E-state index contributed by atoms with van der Waals surface area (Å²) >= 11 is 0. The van der Waals surface area contributed by atoms with E-state index in [0.717, 1.165) is 58.5 Å². The van der Waals surface area contributed by atoms with Crippen molar-refractivity contribution in [2.75, 3.05) is 53.1 Å². The monoisotopic (exact) mass is 651 g/mol. The number of unbranched alkanes of at least 4 members (excludes halogenated alkanes) is 12. The molecule has 4 N–H and O–H groups in total. The topological polar surface area (TPSA) is 115 Å². The zero-order valence-corrected chi connectivity index (χ0v) is 30.2. The highest BCUT2D eigenvalue weighted by atomic mass is 16.6. The third-order valence-corrected chi connectivity index (χ3v) is 8.23. The molecule has 1 aliphatic rings. The SMILES string of the molecule is CCCCCCCCC=CCCCCCCCC(=O)N[C@@H](CCCCNC(=O)OC(C)(C)C)C(=O)NCN1CCN(CNC)CC1. The highest BCUT2D eigenvalue weighted by Gasteiger charge is 2.22. The summed E-state index contributed by atoms with van der Waals surface area (Å²) in [5.74, 6) is -0.207. The second-order valence-electron chi connectivity index (χ2n) is 13.8. The maximum absolute atomic E-state index is 13.2. The van der Waals surface area contributed by atoms with Crippen LogP contribution in [0.25, 0.3) is 0 Å². The first-order chi connectivity index (χ1) is 22.1. The van der Waals surface area contributed by atoms with E-state index in [1.807, 2.05) is 27.8 Å². The molecule has 0 radical (unpaired) electrons. The lowest BCUT2D eigenvalue weighted by Crippen LogP contribution is -2.54. The fourth-order valence-corrected chi connectivity index (χ4v) is 5.51. The Labute approximate surface area is 281 Å². The van der Waals surface area contributed by atoms with Gasteiger partial charge in [-0.3, -0.25) is 19.4 Å². The van der Waals surface area contributed by atoms with Crippen molar-refractivity contribution < 1.29 is 19.1 Å². The summed E-state index contributed by atoms with van der Waals surface area (Å²) in [4.78, 5) is 42.5. The van der Waals surface area contributed by atoms with Gasteiger partial charge in [-0.15, -0.1) is 0 Å². The van der Waals surface area contributed by atoms with Crippen LogP contribution < -0.4 is 21.3 Å². The number of hydrogen-bond acceptors (Lipinski definition) is 7. The maximum atomic E-state index is 13.2. The number of amides is 3. The van der Waals surface area contributed by atoms with Gasteiger partial charge in [-0.1, -0.05) is 70.4 Å². The van der Waals surface area contributed by atoms with Crippen molar-refractivity contribution in [1.82, 2.24) is 31.1 Å². The summed E-state index contributed by atoms with van der Waals surface area (Å²) in [5, 5.41) is 12.0. The van der Waals surface area contributed by atoms with E-state index in [4.69, 9.17) is 4.74 Å². The van der Waals surface area contributed by atoms with Crippen molar-refractivity contribution in [1.29, 1.82) is 0 Å². The van der Waals surface area contributed by atoms with E-state index in [2.05, 4.69) is 50.1 Å². The lowest BCUT2D eigenvalue weighted by molar-refractivity contribution is -0.129. The number of nitrogens with zero attached hydrogens (tertiary/aromatic N) is 2. The largest absolute Gasteiger partial charge is 0.444 e. The molecule has 0 bridgehead atoms. The number of alkyl carbamates (subject to hydrolysis) is 1. The molecule has 1 aliphatic heterocycles. The quantitative estimate of drug-likeness (QED) is 0.0664. The molecule has 1 fully saturated rings. The second kappa shape index (κ2) is 26.9. The van der Waals surface area contributed by atoms with Crippen LogP contribution in [0.3, 0.4) is 0 Å². The van der Waals surface area contributed by atoms with Gasteiger partial charge in [-0.25, -0.2) is 4.79 Å². The minimum absolute atomic E-state index is 0.0645. The van der Waals surface area contributed by atoms with Crippen LogP contribution in [0.4, 0.5) is 4.79 Å². The van der Waals surface area contributed by atoms with Crippen LogP contribution in [0.2, 0.25) is 0 Å². The molecule has 0 aromatic rings. The number of piperazine rings is 1. The molecule has 10 nitrogen and oxygen atoms in total. The van der Waals surface area contributed by atoms with E-state index in [-0.39, 0.29) is 11.8 Å². The number of carbonyl (C=O) groups excluding carboxylic acids is 3. The van der Waals surface area contributed by atoms with Crippen molar-refractivity contribution in [3.8, 4) is 0 Å². The summed E-state index contributed by atoms with van der Waals surface area (Å²) in [6, 6.07) is -0.581. The van der Waals surface area contributed by atoms with Crippen molar-refractivity contribution in [2.45, 2.75) is 148 Å². The summed E-state index contributed by atoms with van der Waals surface area (Å²) in [6.45, 7) is 13.3. The van der Waals surface area contributed by atoms with Crippen LogP contribution in [0, 0.1) is 0 Å². The number of carbonyl (C=O) groups is 3. The lowest BCUT2D eigenvalue weighted by Gasteiger charge is -2.34. The Bertz CT molecular complexity index is 824. The molecule has 46 heavy (non-hydrogen) atoms. The van der Waals surface area contributed by atoms with Gasteiger partial charge < -0.3 is 26.0 Å². The molecule has 1 atom stereocenters.